The van der Waals surface area contributed by atoms with Crippen molar-refractivity contribution in [2.75, 3.05) is 20.2 Å². The summed E-state index contributed by atoms with van der Waals surface area (Å²) in [6, 6.07) is 4.16. The molecular weight excluding hydrogens is 441 g/mol. The molecule has 24 heavy (non-hydrogen) atoms. The summed E-state index contributed by atoms with van der Waals surface area (Å²) in [4.78, 5) is 3.88. The van der Waals surface area contributed by atoms with Crippen LogP contribution in [0, 0.1) is 5.82 Å². The summed E-state index contributed by atoms with van der Waals surface area (Å²) in [7, 11) is 1.37. The van der Waals surface area contributed by atoms with Gasteiger partial charge in [-0.1, -0.05) is 6.07 Å². The summed E-state index contributed by atoms with van der Waals surface area (Å²) in [5.41, 5.74) is 0.629. The smallest absolute Gasteiger partial charge is 0.390 e. The molecule has 0 saturated carbocycles. The third-order valence-electron chi connectivity index (χ3n) is 3.04. The first kappa shape index (κ1) is 22.7. The Morgan fingerprint density at radius 2 is 2.00 bits per heavy atom. The van der Waals surface area contributed by atoms with Gasteiger partial charge in [-0.3, -0.25) is 4.99 Å². The maximum atomic E-state index is 13.7. The van der Waals surface area contributed by atoms with Crippen molar-refractivity contribution in [3.05, 3.63) is 29.6 Å². The summed E-state index contributed by atoms with van der Waals surface area (Å²) in [6.45, 7) is 3.70. The quantitative estimate of drug-likeness (QED) is 0.290. The lowest BCUT2D eigenvalue weighted by Crippen LogP contribution is -2.39. The standard InChI is InChI=1S/C15H21F4N3O.HI/c1-4-20-14(21-8-7-15(17,18)19)22-10(2)11-5-6-13(23-3)12(16)9-11;/h5-6,9-10H,4,7-8H2,1-3H3,(H2,20,21,22);1H. The van der Waals surface area contributed by atoms with E-state index in [1.54, 1.807) is 19.9 Å². The number of hydrogen-bond acceptors (Lipinski definition) is 2. The van der Waals surface area contributed by atoms with E-state index in [1.165, 1.54) is 19.2 Å². The number of ether oxygens (including phenoxy) is 1. The Hall–Kier alpha value is -1.26. The van der Waals surface area contributed by atoms with Gasteiger partial charge in [-0.15, -0.1) is 24.0 Å². The average Bonchev–Trinajstić information content (AvgIpc) is 2.45. The Labute approximate surface area is 156 Å². The second kappa shape index (κ2) is 10.6. The Bertz CT molecular complexity index is 538. The van der Waals surface area contributed by atoms with E-state index in [0.717, 1.165) is 0 Å². The van der Waals surface area contributed by atoms with Gasteiger partial charge in [0, 0.05) is 6.54 Å². The number of hydrogen-bond donors (Lipinski definition) is 2. The van der Waals surface area contributed by atoms with Crippen molar-refractivity contribution in [1.82, 2.24) is 10.6 Å². The maximum Gasteiger partial charge on any atom is 0.390 e. The Balaban J connectivity index is 0.00000529. The number of nitrogens with zero attached hydrogens (tertiary/aromatic N) is 1. The van der Waals surface area contributed by atoms with Crippen LogP contribution < -0.4 is 15.4 Å². The minimum absolute atomic E-state index is 0. The van der Waals surface area contributed by atoms with E-state index in [1.807, 2.05) is 0 Å². The highest BCUT2D eigenvalue weighted by Crippen LogP contribution is 2.22. The molecule has 0 heterocycles. The second-order valence-electron chi connectivity index (χ2n) is 4.89. The largest absolute Gasteiger partial charge is 0.494 e. The number of methoxy groups -OCH3 is 1. The molecule has 9 heteroatoms. The van der Waals surface area contributed by atoms with Gasteiger partial charge in [-0.2, -0.15) is 13.2 Å². The lowest BCUT2D eigenvalue weighted by atomic mass is 10.1. The fourth-order valence-corrected chi connectivity index (χ4v) is 1.85. The first-order valence-electron chi connectivity index (χ1n) is 7.22. The predicted octanol–water partition coefficient (Wildman–Crippen LogP) is 4.02. The number of halogens is 5. The highest BCUT2D eigenvalue weighted by molar-refractivity contribution is 14.0. The summed E-state index contributed by atoms with van der Waals surface area (Å²) in [6.07, 6.45) is -5.24. The van der Waals surface area contributed by atoms with Crippen LogP contribution in [-0.4, -0.2) is 32.3 Å². The van der Waals surface area contributed by atoms with Gasteiger partial charge in [0.15, 0.2) is 17.5 Å². The van der Waals surface area contributed by atoms with Crippen LogP contribution in [0.2, 0.25) is 0 Å². The molecule has 0 saturated heterocycles. The normalized spacial score (nSPS) is 13.0. The monoisotopic (exact) mass is 463 g/mol. The highest BCUT2D eigenvalue weighted by Gasteiger charge is 2.26. The second-order valence-corrected chi connectivity index (χ2v) is 4.89. The zero-order chi connectivity index (χ0) is 17.5. The average molecular weight is 463 g/mol. The van der Waals surface area contributed by atoms with E-state index in [4.69, 9.17) is 4.74 Å². The number of guanidine groups is 1. The van der Waals surface area contributed by atoms with Crippen molar-refractivity contribution in [2.24, 2.45) is 4.99 Å². The minimum atomic E-state index is -4.24. The molecule has 1 atom stereocenters. The molecular formula is C15H22F4IN3O. The lowest BCUT2D eigenvalue weighted by Gasteiger charge is -2.19. The minimum Gasteiger partial charge on any atom is -0.494 e. The molecule has 4 nitrogen and oxygen atoms in total. The van der Waals surface area contributed by atoms with Gasteiger partial charge < -0.3 is 15.4 Å². The zero-order valence-electron chi connectivity index (χ0n) is 13.7. The number of nitrogens with one attached hydrogen (secondary N) is 2. The van der Waals surface area contributed by atoms with Gasteiger partial charge in [0.25, 0.3) is 0 Å². The van der Waals surface area contributed by atoms with Crippen LogP contribution in [-0.2, 0) is 0 Å². The van der Waals surface area contributed by atoms with Gasteiger partial charge in [-0.25, -0.2) is 4.39 Å². The molecule has 0 bridgehead atoms. The third-order valence-corrected chi connectivity index (χ3v) is 3.04. The van der Waals surface area contributed by atoms with Crippen LogP contribution in [0.5, 0.6) is 5.75 Å². The Kier molecular flexibility index (Phi) is 10.0. The van der Waals surface area contributed by atoms with E-state index in [2.05, 4.69) is 15.6 Å². The molecule has 1 unspecified atom stereocenters. The number of alkyl halides is 3. The molecule has 0 spiro atoms. The summed E-state index contributed by atoms with van der Waals surface area (Å²) >= 11 is 0. The molecule has 0 aromatic heterocycles. The Morgan fingerprint density at radius 1 is 1.33 bits per heavy atom. The molecule has 1 rings (SSSR count). The number of rotatable bonds is 6. The van der Waals surface area contributed by atoms with E-state index in [9.17, 15) is 17.6 Å². The van der Waals surface area contributed by atoms with Gasteiger partial charge in [0.05, 0.1) is 26.1 Å². The van der Waals surface area contributed by atoms with Crippen molar-refractivity contribution < 1.29 is 22.3 Å². The van der Waals surface area contributed by atoms with Crippen LogP contribution in [0.3, 0.4) is 0 Å². The molecule has 0 aliphatic carbocycles. The van der Waals surface area contributed by atoms with E-state index in [0.29, 0.717) is 12.1 Å². The third kappa shape index (κ3) is 8.02. The van der Waals surface area contributed by atoms with Crippen LogP contribution >= 0.6 is 24.0 Å². The first-order valence-corrected chi connectivity index (χ1v) is 7.22. The van der Waals surface area contributed by atoms with Gasteiger partial charge >= 0.3 is 6.18 Å². The lowest BCUT2D eigenvalue weighted by molar-refractivity contribution is -0.132. The molecule has 1 aromatic rings. The molecule has 138 valence electrons. The van der Waals surface area contributed by atoms with Crippen molar-refractivity contribution in [3.63, 3.8) is 0 Å². The van der Waals surface area contributed by atoms with Crippen LogP contribution in [0.15, 0.2) is 23.2 Å². The molecule has 0 amide bonds. The molecule has 2 N–H and O–H groups in total. The topological polar surface area (TPSA) is 45.7 Å². The molecule has 0 radical (unpaired) electrons. The SMILES string of the molecule is CCNC(=NCCC(F)(F)F)NC(C)c1ccc(OC)c(F)c1.I. The van der Waals surface area contributed by atoms with E-state index >= 15 is 0 Å². The van der Waals surface area contributed by atoms with Crippen molar-refractivity contribution in [3.8, 4) is 5.75 Å². The molecule has 0 fully saturated rings. The van der Waals surface area contributed by atoms with Crippen LogP contribution in [0.4, 0.5) is 17.6 Å². The summed E-state index contributed by atoms with van der Waals surface area (Å²) in [5.74, 6) is -0.121. The van der Waals surface area contributed by atoms with Crippen molar-refractivity contribution in [1.29, 1.82) is 0 Å². The Morgan fingerprint density at radius 3 is 2.50 bits per heavy atom. The first-order chi connectivity index (χ1) is 10.8. The highest BCUT2D eigenvalue weighted by atomic mass is 127. The van der Waals surface area contributed by atoms with Gasteiger partial charge in [0.2, 0.25) is 0 Å². The number of aliphatic imine (C=N–C) groups is 1. The van der Waals surface area contributed by atoms with E-state index < -0.39 is 18.4 Å². The van der Waals surface area contributed by atoms with Gasteiger partial charge in [-0.05, 0) is 31.5 Å². The predicted molar refractivity (Wildman–Crippen MR) is 96.6 cm³/mol. The van der Waals surface area contributed by atoms with Crippen molar-refractivity contribution >= 4 is 29.9 Å². The zero-order valence-corrected chi connectivity index (χ0v) is 16.0. The molecule has 0 aliphatic heterocycles. The van der Waals surface area contributed by atoms with E-state index in [-0.39, 0.29) is 48.3 Å². The fraction of sp³-hybridized carbons (Fsp3) is 0.533. The summed E-state index contributed by atoms with van der Waals surface area (Å²) < 4.78 is 55.1. The summed E-state index contributed by atoms with van der Waals surface area (Å²) in [5, 5.41) is 5.81. The van der Waals surface area contributed by atoms with Crippen LogP contribution in [0.1, 0.15) is 31.9 Å². The van der Waals surface area contributed by atoms with Crippen LogP contribution in [0.25, 0.3) is 0 Å². The number of benzene rings is 1. The fourth-order valence-electron chi connectivity index (χ4n) is 1.85. The van der Waals surface area contributed by atoms with Crippen molar-refractivity contribution in [2.45, 2.75) is 32.5 Å². The van der Waals surface area contributed by atoms with Gasteiger partial charge in [0.1, 0.15) is 0 Å². The molecule has 0 aliphatic rings. The maximum absolute atomic E-state index is 13.7. The molecule has 1 aromatic carbocycles.